The van der Waals surface area contributed by atoms with Crippen LogP contribution in [0.2, 0.25) is 0 Å². The van der Waals surface area contributed by atoms with Crippen LogP contribution in [-0.2, 0) is 0 Å². The van der Waals surface area contributed by atoms with Crippen LogP contribution < -0.4 is 9.47 Å². The van der Waals surface area contributed by atoms with Crippen LogP contribution in [-0.4, -0.2) is 18.0 Å². The quantitative estimate of drug-likeness (QED) is 0.672. The van der Waals surface area contributed by atoms with E-state index in [1.807, 2.05) is 48.6 Å². The number of aromatic nitrogens is 1. The van der Waals surface area contributed by atoms with Gasteiger partial charge in [-0.1, -0.05) is 35.6 Å². The van der Waals surface area contributed by atoms with Gasteiger partial charge in [0, 0.05) is 6.21 Å². The first-order chi connectivity index (χ1) is 10.9. The Labute approximate surface area is 131 Å². The molecule has 2 heterocycles. The molecule has 1 aromatic heterocycles. The molecule has 0 saturated carbocycles. The van der Waals surface area contributed by atoms with Crippen LogP contribution in [0.15, 0.2) is 53.5 Å². The Kier molecular flexibility index (Phi) is 3.33. The van der Waals surface area contributed by atoms with E-state index in [0.717, 1.165) is 32.4 Å². The summed E-state index contributed by atoms with van der Waals surface area (Å²) >= 11 is 1.58. The summed E-state index contributed by atoms with van der Waals surface area (Å²) in [6, 6.07) is 13.9. The molecule has 0 unspecified atom stereocenters. The average Bonchev–Trinajstić information content (AvgIpc) is 3.17. The molecule has 4 rings (SSSR count). The van der Waals surface area contributed by atoms with Crippen molar-refractivity contribution in [2.75, 3.05) is 6.79 Å². The minimum atomic E-state index is 0.293. The monoisotopic (exact) mass is 308 g/mol. The normalized spacial score (nSPS) is 13.6. The number of allylic oxidation sites excluding steroid dienone is 1. The van der Waals surface area contributed by atoms with E-state index < -0.39 is 0 Å². The van der Waals surface area contributed by atoms with Crippen LogP contribution in [0.4, 0.5) is 5.13 Å². The van der Waals surface area contributed by atoms with E-state index in [4.69, 9.17) is 9.47 Å². The average molecular weight is 308 g/mol. The second-order valence-electron chi connectivity index (χ2n) is 4.71. The van der Waals surface area contributed by atoms with Crippen molar-refractivity contribution >= 4 is 39.0 Å². The van der Waals surface area contributed by atoms with Crippen molar-refractivity contribution < 1.29 is 9.47 Å². The zero-order valence-corrected chi connectivity index (χ0v) is 12.4. The molecule has 1 aliphatic heterocycles. The van der Waals surface area contributed by atoms with Gasteiger partial charge in [-0.15, -0.1) is 0 Å². The van der Waals surface area contributed by atoms with Crippen LogP contribution in [0.25, 0.3) is 16.3 Å². The van der Waals surface area contributed by atoms with Crippen molar-refractivity contribution in [3.63, 3.8) is 0 Å². The van der Waals surface area contributed by atoms with Crippen molar-refractivity contribution in [1.82, 2.24) is 4.98 Å². The predicted molar refractivity (Wildman–Crippen MR) is 89.4 cm³/mol. The van der Waals surface area contributed by atoms with E-state index in [1.54, 1.807) is 17.6 Å². The van der Waals surface area contributed by atoms with Crippen LogP contribution in [0.5, 0.6) is 11.5 Å². The van der Waals surface area contributed by atoms with E-state index in [0.29, 0.717) is 6.79 Å². The molecule has 22 heavy (non-hydrogen) atoms. The number of hydrogen-bond donors (Lipinski definition) is 0. The van der Waals surface area contributed by atoms with E-state index in [1.165, 1.54) is 0 Å². The third kappa shape index (κ3) is 2.58. The second-order valence-corrected chi connectivity index (χ2v) is 5.72. The number of nitrogens with zero attached hydrogens (tertiary/aromatic N) is 2. The number of aliphatic imine (C=N–C) groups is 1. The fraction of sp³-hybridized carbons (Fsp3) is 0.0588. The summed E-state index contributed by atoms with van der Waals surface area (Å²) in [7, 11) is 0. The van der Waals surface area contributed by atoms with Crippen LogP contribution in [0.3, 0.4) is 0 Å². The molecule has 0 amide bonds. The maximum atomic E-state index is 5.35. The van der Waals surface area contributed by atoms with Gasteiger partial charge in [0.15, 0.2) is 11.5 Å². The zero-order chi connectivity index (χ0) is 14.8. The molecule has 2 aromatic carbocycles. The lowest BCUT2D eigenvalue weighted by atomic mass is 10.2. The molecular weight excluding hydrogens is 296 g/mol. The molecular formula is C17H12N2O2S. The SMILES string of the molecule is C(/C=C/c1ccc2c(c1)OCO2)=Nc1nc2ccccc2s1. The lowest BCUT2D eigenvalue weighted by molar-refractivity contribution is 0.174. The number of para-hydroxylation sites is 1. The van der Waals surface area contributed by atoms with Gasteiger partial charge in [-0.3, -0.25) is 0 Å². The lowest BCUT2D eigenvalue weighted by Crippen LogP contribution is -1.92. The highest BCUT2D eigenvalue weighted by Crippen LogP contribution is 2.32. The smallest absolute Gasteiger partial charge is 0.231 e. The number of thiazole rings is 1. The minimum absolute atomic E-state index is 0.293. The van der Waals surface area contributed by atoms with Crippen LogP contribution >= 0.6 is 11.3 Å². The van der Waals surface area contributed by atoms with Crippen molar-refractivity contribution in [1.29, 1.82) is 0 Å². The maximum absolute atomic E-state index is 5.35. The lowest BCUT2D eigenvalue weighted by Gasteiger charge is -1.96. The fourth-order valence-electron chi connectivity index (χ4n) is 2.19. The molecule has 108 valence electrons. The van der Waals surface area contributed by atoms with E-state index in [9.17, 15) is 0 Å². The molecule has 4 nitrogen and oxygen atoms in total. The maximum Gasteiger partial charge on any atom is 0.231 e. The zero-order valence-electron chi connectivity index (χ0n) is 11.6. The molecule has 0 atom stereocenters. The Morgan fingerprint density at radius 1 is 1.09 bits per heavy atom. The molecule has 0 aliphatic carbocycles. The largest absolute Gasteiger partial charge is 0.454 e. The van der Waals surface area contributed by atoms with Gasteiger partial charge in [0.25, 0.3) is 0 Å². The van der Waals surface area contributed by atoms with Gasteiger partial charge >= 0.3 is 0 Å². The Balaban J connectivity index is 1.49. The highest BCUT2D eigenvalue weighted by molar-refractivity contribution is 7.22. The molecule has 5 heteroatoms. The topological polar surface area (TPSA) is 43.7 Å². The van der Waals surface area contributed by atoms with Gasteiger partial charge in [0.2, 0.25) is 11.9 Å². The number of hydrogen-bond acceptors (Lipinski definition) is 5. The Morgan fingerprint density at radius 3 is 2.95 bits per heavy atom. The first-order valence-electron chi connectivity index (χ1n) is 6.84. The highest BCUT2D eigenvalue weighted by Gasteiger charge is 2.11. The van der Waals surface area contributed by atoms with E-state index >= 15 is 0 Å². The summed E-state index contributed by atoms with van der Waals surface area (Å²) in [4.78, 5) is 8.83. The molecule has 0 spiro atoms. The summed E-state index contributed by atoms with van der Waals surface area (Å²) in [6.45, 7) is 0.293. The van der Waals surface area contributed by atoms with Crippen molar-refractivity contribution in [2.45, 2.75) is 0 Å². The first-order valence-corrected chi connectivity index (χ1v) is 7.66. The van der Waals surface area contributed by atoms with Gasteiger partial charge in [-0.2, -0.15) is 0 Å². The Bertz CT molecular complexity index is 850. The van der Waals surface area contributed by atoms with Crippen molar-refractivity contribution in [3.05, 3.63) is 54.1 Å². The summed E-state index contributed by atoms with van der Waals surface area (Å²) in [6.07, 6.45) is 5.62. The van der Waals surface area contributed by atoms with E-state index in [2.05, 4.69) is 16.0 Å². The van der Waals surface area contributed by atoms with Crippen LogP contribution in [0.1, 0.15) is 5.56 Å². The summed E-state index contributed by atoms with van der Waals surface area (Å²) in [5, 5.41) is 0.761. The molecule has 1 aliphatic rings. The third-order valence-electron chi connectivity index (χ3n) is 3.24. The molecule has 0 bridgehead atoms. The van der Waals surface area contributed by atoms with Gasteiger partial charge in [0.05, 0.1) is 10.2 Å². The highest BCUT2D eigenvalue weighted by atomic mass is 32.1. The predicted octanol–water partition coefficient (Wildman–Crippen LogP) is 4.44. The third-order valence-corrected chi connectivity index (χ3v) is 4.18. The van der Waals surface area contributed by atoms with Gasteiger partial charge in [-0.25, -0.2) is 9.98 Å². The minimum Gasteiger partial charge on any atom is -0.454 e. The van der Waals surface area contributed by atoms with Gasteiger partial charge < -0.3 is 9.47 Å². The Hall–Kier alpha value is -2.66. The van der Waals surface area contributed by atoms with Gasteiger partial charge in [0.1, 0.15) is 0 Å². The number of ether oxygens (including phenoxy) is 2. The molecule has 0 radical (unpaired) electrons. The second kappa shape index (κ2) is 5.61. The molecule has 3 aromatic rings. The fourth-order valence-corrected chi connectivity index (χ4v) is 3.01. The van der Waals surface area contributed by atoms with Gasteiger partial charge in [-0.05, 0) is 35.9 Å². The van der Waals surface area contributed by atoms with E-state index in [-0.39, 0.29) is 0 Å². The molecule has 0 fully saturated rings. The summed E-state index contributed by atoms with van der Waals surface area (Å²) < 4.78 is 11.8. The molecule has 0 saturated heterocycles. The first kappa shape index (κ1) is 13.0. The van der Waals surface area contributed by atoms with Crippen molar-refractivity contribution in [2.24, 2.45) is 4.99 Å². The molecule has 0 N–H and O–H groups in total. The Morgan fingerprint density at radius 2 is 2.00 bits per heavy atom. The standard InChI is InChI=1S/C17H12N2O2S/c1-2-6-16-13(5-1)19-17(22-16)18-9-3-4-12-7-8-14-15(10-12)21-11-20-14/h1-10H,11H2/b4-3+,18-9?. The van der Waals surface area contributed by atoms with Crippen molar-refractivity contribution in [3.8, 4) is 11.5 Å². The van der Waals surface area contributed by atoms with Crippen LogP contribution in [0, 0.1) is 0 Å². The summed E-state index contributed by atoms with van der Waals surface area (Å²) in [5.74, 6) is 1.57. The summed E-state index contributed by atoms with van der Waals surface area (Å²) in [5.41, 5.74) is 2.03. The number of fused-ring (bicyclic) bond motifs is 2. The number of benzene rings is 2. The number of rotatable bonds is 3.